The molecule has 19 heavy (non-hydrogen) atoms. The first-order valence-electron chi connectivity index (χ1n) is 5.96. The molecule has 1 rings (SSSR count). The Labute approximate surface area is 109 Å². The van der Waals surface area contributed by atoms with Crippen molar-refractivity contribution in [1.82, 2.24) is 5.32 Å². The highest BCUT2D eigenvalue weighted by Crippen LogP contribution is 2.29. The van der Waals surface area contributed by atoms with Crippen LogP contribution in [0.1, 0.15) is 24.5 Å². The normalized spacial score (nSPS) is 11.4. The smallest absolute Gasteiger partial charge is 0.416 e. The largest absolute Gasteiger partial charge is 0.466 e. The van der Waals surface area contributed by atoms with Gasteiger partial charge in [-0.05, 0) is 18.6 Å². The molecule has 0 aliphatic heterocycles. The molecule has 0 saturated heterocycles. The number of halogens is 3. The predicted molar refractivity (Wildman–Crippen MR) is 64.4 cm³/mol. The highest BCUT2D eigenvalue weighted by molar-refractivity contribution is 5.69. The SMILES string of the molecule is CCOC(=O)CCNCc1cccc(C(F)(F)F)c1. The molecule has 0 fully saturated rings. The summed E-state index contributed by atoms with van der Waals surface area (Å²) >= 11 is 0. The van der Waals surface area contributed by atoms with Gasteiger partial charge in [-0.25, -0.2) is 0 Å². The standard InChI is InChI=1S/C13H16F3NO2/c1-2-19-12(18)6-7-17-9-10-4-3-5-11(8-10)13(14,15)16/h3-5,8,17H,2,6-7,9H2,1H3. The van der Waals surface area contributed by atoms with Crippen LogP contribution in [0.4, 0.5) is 13.2 Å². The maximum Gasteiger partial charge on any atom is 0.416 e. The summed E-state index contributed by atoms with van der Waals surface area (Å²) in [5.41, 5.74) is -0.143. The maximum absolute atomic E-state index is 12.5. The number of carbonyl (C=O) groups is 1. The van der Waals surface area contributed by atoms with E-state index in [-0.39, 0.29) is 18.9 Å². The van der Waals surface area contributed by atoms with Crippen molar-refractivity contribution in [2.24, 2.45) is 0 Å². The van der Waals surface area contributed by atoms with Crippen LogP contribution in [-0.4, -0.2) is 19.1 Å². The van der Waals surface area contributed by atoms with E-state index in [1.54, 1.807) is 13.0 Å². The number of esters is 1. The molecule has 0 amide bonds. The molecule has 1 aromatic carbocycles. The fourth-order valence-corrected chi connectivity index (χ4v) is 1.51. The molecule has 0 bridgehead atoms. The Morgan fingerprint density at radius 1 is 1.37 bits per heavy atom. The molecule has 0 heterocycles. The molecule has 0 aliphatic carbocycles. The average Bonchev–Trinajstić information content (AvgIpc) is 2.34. The fraction of sp³-hybridized carbons (Fsp3) is 0.462. The van der Waals surface area contributed by atoms with E-state index in [2.05, 4.69) is 5.32 Å². The van der Waals surface area contributed by atoms with Crippen molar-refractivity contribution < 1.29 is 22.7 Å². The van der Waals surface area contributed by atoms with Gasteiger partial charge in [-0.2, -0.15) is 13.2 Å². The van der Waals surface area contributed by atoms with E-state index in [4.69, 9.17) is 4.74 Å². The molecule has 3 nitrogen and oxygen atoms in total. The Hall–Kier alpha value is -1.56. The highest BCUT2D eigenvalue weighted by atomic mass is 19.4. The molecule has 1 aromatic rings. The van der Waals surface area contributed by atoms with E-state index >= 15 is 0 Å². The quantitative estimate of drug-likeness (QED) is 0.641. The first kappa shape index (κ1) is 15.5. The minimum absolute atomic E-state index is 0.201. The van der Waals surface area contributed by atoms with Crippen molar-refractivity contribution in [1.29, 1.82) is 0 Å². The second-order valence-electron chi connectivity index (χ2n) is 3.93. The number of ether oxygens (including phenoxy) is 1. The molecule has 0 radical (unpaired) electrons. The number of alkyl halides is 3. The van der Waals surface area contributed by atoms with Gasteiger partial charge in [-0.3, -0.25) is 4.79 Å². The van der Waals surface area contributed by atoms with Crippen molar-refractivity contribution in [3.63, 3.8) is 0 Å². The third-order valence-electron chi connectivity index (χ3n) is 2.39. The number of nitrogens with one attached hydrogen (secondary N) is 1. The van der Waals surface area contributed by atoms with Crippen LogP contribution in [0, 0.1) is 0 Å². The number of rotatable bonds is 6. The third-order valence-corrected chi connectivity index (χ3v) is 2.39. The van der Waals surface area contributed by atoms with E-state index in [1.165, 1.54) is 6.07 Å². The number of hydrogen-bond acceptors (Lipinski definition) is 3. The molecule has 0 aliphatic rings. The molecule has 0 saturated carbocycles. The zero-order chi connectivity index (χ0) is 14.3. The van der Waals surface area contributed by atoms with Crippen LogP contribution in [0.3, 0.4) is 0 Å². The lowest BCUT2D eigenvalue weighted by molar-refractivity contribution is -0.143. The lowest BCUT2D eigenvalue weighted by Crippen LogP contribution is -2.19. The molecule has 106 valence electrons. The Kier molecular flexibility index (Phi) is 5.82. The van der Waals surface area contributed by atoms with E-state index in [0.717, 1.165) is 12.1 Å². The van der Waals surface area contributed by atoms with Gasteiger partial charge in [0.05, 0.1) is 18.6 Å². The van der Waals surface area contributed by atoms with Crippen LogP contribution < -0.4 is 5.32 Å². The molecule has 0 spiro atoms. The Morgan fingerprint density at radius 3 is 2.74 bits per heavy atom. The van der Waals surface area contributed by atoms with E-state index in [1.807, 2.05) is 0 Å². The van der Waals surface area contributed by atoms with Gasteiger partial charge in [0, 0.05) is 13.1 Å². The van der Waals surface area contributed by atoms with Crippen LogP contribution in [0.5, 0.6) is 0 Å². The van der Waals surface area contributed by atoms with E-state index < -0.39 is 11.7 Å². The number of benzene rings is 1. The average molecular weight is 275 g/mol. The zero-order valence-electron chi connectivity index (χ0n) is 10.6. The van der Waals surface area contributed by atoms with Crippen LogP contribution in [0.25, 0.3) is 0 Å². The maximum atomic E-state index is 12.5. The summed E-state index contributed by atoms with van der Waals surface area (Å²) in [5, 5.41) is 2.90. The Morgan fingerprint density at radius 2 is 2.11 bits per heavy atom. The predicted octanol–water partition coefficient (Wildman–Crippen LogP) is 2.75. The summed E-state index contributed by atoms with van der Waals surface area (Å²) in [7, 11) is 0. The summed E-state index contributed by atoms with van der Waals surface area (Å²) < 4.78 is 42.1. The zero-order valence-corrected chi connectivity index (χ0v) is 10.6. The Balaban J connectivity index is 2.40. The lowest BCUT2D eigenvalue weighted by atomic mass is 10.1. The van der Waals surface area contributed by atoms with Crippen molar-refractivity contribution in [3.05, 3.63) is 35.4 Å². The van der Waals surface area contributed by atoms with Gasteiger partial charge in [0.15, 0.2) is 0 Å². The van der Waals surface area contributed by atoms with Gasteiger partial charge in [-0.1, -0.05) is 18.2 Å². The first-order valence-corrected chi connectivity index (χ1v) is 5.96. The summed E-state index contributed by atoms with van der Waals surface area (Å²) in [6, 6.07) is 5.09. The number of hydrogen-bond donors (Lipinski definition) is 1. The molecule has 0 unspecified atom stereocenters. The molecule has 0 aromatic heterocycles. The fourth-order valence-electron chi connectivity index (χ4n) is 1.51. The van der Waals surface area contributed by atoms with Crippen molar-refractivity contribution in [3.8, 4) is 0 Å². The second kappa shape index (κ2) is 7.13. The lowest BCUT2D eigenvalue weighted by Gasteiger charge is -2.09. The van der Waals surface area contributed by atoms with Gasteiger partial charge >= 0.3 is 12.1 Å². The molecular formula is C13H16F3NO2. The second-order valence-corrected chi connectivity index (χ2v) is 3.93. The monoisotopic (exact) mass is 275 g/mol. The van der Waals surface area contributed by atoms with Gasteiger partial charge in [-0.15, -0.1) is 0 Å². The van der Waals surface area contributed by atoms with Crippen LogP contribution in [0.2, 0.25) is 0 Å². The molecule has 6 heteroatoms. The summed E-state index contributed by atoms with van der Waals surface area (Å²) in [5.74, 6) is -0.320. The van der Waals surface area contributed by atoms with Crippen molar-refractivity contribution >= 4 is 5.97 Å². The van der Waals surface area contributed by atoms with Crippen LogP contribution in [0.15, 0.2) is 24.3 Å². The molecular weight excluding hydrogens is 259 g/mol. The van der Waals surface area contributed by atoms with Gasteiger partial charge in [0.1, 0.15) is 0 Å². The van der Waals surface area contributed by atoms with Gasteiger partial charge in [0.25, 0.3) is 0 Å². The van der Waals surface area contributed by atoms with Gasteiger partial charge < -0.3 is 10.1 Å². The summed E-state index contributed by atoms with van der Waals surface area (Å²) in [4.78, 5) is 11.0. The molecule has 0 atom stereocenters. The van der Waals surface area contributed by atoms with Crippen molar-refractivity contribution in [2.45, 2.75) is 26.1 Å². The van der Waals surface area contributed by atoms with E-state index in [0.29, 0.717) is 18.7 Å². The van der Waals surface area contributed by atoms with Crippen LogP contribution in [-0.2, 0) is 22.3 Å². The van der Waals surface area contributed by atoms with Gasteiger partial charge in [0.2, 0.25) is 0 Å². The topological polar surface area (TPSA) is 38.3 Å². The Bertz CT molecular complexity index is 419. The summed E-state index contributed by atoms with van der Waals surface area (Å²) in [6.07, 6.45) is -4.13. The molecule has 1 N–H and O–H groups in total. The first-order chi connectivity index (χ1) is 8.93. The third kappa shape index (κ3) is 5.74. The number of carbonyl (C=O) groups excluding carboxylic acids is 1. The van der Waals surface area contributed by atoms with Crippen molar-refractivity contribution in [2.75, 3.05) is 13.2 Å². The van der Waals surface area contributed by atoms with Crippen LogP contribution >= 0.6 is 0 Å². The minimum Gasteiger partial charge on any atom is -0.466 e. The minimum atomic E-state index is -4.33. The summed E-state index contributed by atoms with van der Waals surface area (Å²) in [6.45, 7) is 2.69. The van der Waals surface area contributed by atoms with E-state index in [9.17, 15) is 18.0 Å². The highest BCUT2D eigenvalue weighted by Gasteiger charge is 2.30.